The zero-order valence-corrected chi connectivity index (χ0v) is 15.2. The lowest BCUT2D eigenvalue weighted by Crippen LogP contribution is -2.46. The number of piperidine rings is 1. The number of ether oxygens (including phenoxy) is 1. The normalized spacial score (nSPS) is 21.9. The molecule has 25 heavy (non-hydrogen) atoms. The average molecular weight is 345 g/mol. The van der Waals surface area contributed by atoms with Crippen molar-refractivity contribution in [3.05, 3.63) is 35.4 Å². The van der Waals surface area contributed by atoms with E-state index in [0.717, 1.165) is 19.3 Å². The number of carbonyl (C=O) groups is 2. The van der Waals surface area contributed by atoms with Crippen molar-refractivity contribution in [3.63, 3.8) is 0 Å². The van der Waals surface area contributed by atoms with Gasteiger partial charge in [0.25, 0.3) is 0 Å². The highest BCUT2D eigenvalue weighted by Gasteiger charge is 2.46. The van der Waals surface area contributed by atoms with Crippen LogP contribution in [0.2, 0.25) is 0 Å². The Morgan fingerprint density at radius 3 is 2.48 bits per heavy atom. The summed E-state index contributed by atoms with van der Waals surface area (Å²) in [6.07, 6.45) is 2.50. The smallest absolute Gasteiger partial charge is 0.410 e. The van der Waals surface area contributed by atoms with Gasteiger partial charge in [-0.3, -0.25) is 4.79 Å². The van der Waals surface area contributed by atoms with E-state index in [1.165, 1.54) is 11.1 Å². The fourth-order valence-corrected chi connectivity index (χ4v) is 4.34. The van der Waals surface area contributed by atoms with Gasteiger partial charge in [0, 0.05) is 13.1 Å². The Balaban J connectivity index is 1.75. The summed E-state index contributed by atoms with van der Waals surface area (Å²) in [6.45, 7) is 6.94. The summed E-state index contributed by atoms with van der Waals surface area (Å²) < 4.78 is 5.48. The van der Waals surface area contributed by atoms with Gasteiger partial charge in [0.2, 0.25) is 0 Å². The van der Waals surface area contributed by atoms with Crippen molar-refractivity contribution in [2.24, 2.45) is 0 Å². The highest BCUT2D eigenvalue weighted by atomic mass is 16.6. The summed E-state index contributed by atoms with van der Waals surface area (Å²) in [5.41, 5.74) is 1.97. The van der Waals surface area contributed by atoms with Crippen LogP contribution in [0.5, 0.6) is 0 Å². The molecule has 1 amide bonds. The maximum atomic E-state index is 12.3. The van der Waals surface area contributed by atoms with Gasteiger partial charge in [0.15, 0.2) is 0 Å². The number of benzene rings is 1. The van der Waals surface area contributed by atoms with Crippen molar-refractivity contribution in [1.82, 2.24) is 4.90 Å². The van der Waals surface area contributed by atoms with E-state index in [1.807, 2.05) is 32.9 Å². The fourth-order valence-electron chi connectivity index (χ4n) is 4.34. The molecule has 136 valence electrons. The lowest BCUT2D eigenvalue weighted by molar-refractivity contribution is -0.137. The molecular formula is C20H27NO4. The van der Waals surface area contributed by atoms with E-state index in [1.54, 1.807) is 4.90 Å². The van der Waals surface area contributed by atoms with Gasteiger partial charge in [0.1, 0.15) is 5.60 Å². The number of fused-ring (bicyclic) bond motifs is 2. The van der Waals surface area contributed by atoms with Crippen LogP contribution in [-0.2, 0) is 14.9 Å². The van der Waals surface area contributed by atoms with Crippen LogP contribution in [-0.4, -0.2) is 40.8 Å². The molecule has 1 aromatic rings. The minimum absolute atomic E-state index is 0.00474. The molecule has 5 heteroatoms. The first-order valence-electron chi connectivity index (χ1n) is 8.99. The molecule has 1 aromatic carbocycles. The molecule has 1 atom stereocenters. The van der Waals surface area contributed by atoms with E-state index < -0.39 is 11.6 Å². The van der Waals surface area contributed by atoms with Gasteiger partial charge < -0.3 is 14.7 Å². The maximum Gasteiger partial charge on any atom is 0.410 e. The van der Waals surface area contributed by atoms with Gasteiger partial charge >= 0.3 is 12.1 Å². The number of rotatable bonds is 2. The van der Waals surface area contributed by atoms with E-state index in [0.29, 0.717) is 13.1 Å². The van der Waals surface area contributed by atoms with Crippen LogP contribution in [0, 0.1) is 0 Å². The van der Waals surface area contributed by atoms with Crippen LogP contribution in [0.3, 0.4) is 0 Å². The van der Waals surface area contributed by atoms with Gasteiger partial charge in [0.05, 0.1) is 6.42 Å². The standard InChI is InChI=1S/C20H27NO4/c1-19(2,3)25-18(24)21-10-8-20(9-11-21)13-14(12-17(22)23)15-6-4-5-7-16(15)20/h4-7,14H,8-13H2,1-3H3,(H,22,23)/t14-/m0/s1. The molecule has 0 bridgehead atoms. The van der Waals surface area contributed by atoms with Gasteiger partial charge in [-0.25, -0.2) is 4.79 Å². The Hall–Kier alpha value is -2.04. The predicted octanol–water partition coefficient (Wildman–Crippen LogP) is 3.92. The first kappa shape index (κ1) is 17.8. The molecule has 0 radical (unpaired) electrons. The van der Waals surface area contributed by atoms with Gasteiger partial charge in [-0.1, -0.05) is 24.3 Å². The number of hydrogen-bond acceptors (Lipinski definition) is 3. The summed E-state index contributed by atoms with van der Waals surface area (Å²) in [4.78, 5) is 25.3. The highest BCUT2D eigenvalue weighted by molar-refractivity contribution is 5.69. The molecule has 1 aliphatic heterocycles. The number of aliphatic carboxylic acids is 1. The number of nitrogens with zero attached hydrogens (tertiary/aromatic N) is 1. The van der Waals surface area contributed by atoms with Crippen molar-refractivity contribution < 1.29 is 19.4 Å². The molecule has 0 saturated carbocycles. The zero-order chi connectivity index (χ0) is 18.2. The lowest BCUT2D eigenvalue weighted by atomic mass is 9.73. The largest absolute Gasteiger partial charge is 0.481 e. The molecule has 5 nitrogen and oxygen atoms in total. The summed E-state index contributed by atoms with van der Waals surface area (Å²) >= 11 is 0. The van der Waals surface area contributed by atoms with E-state index >= 15 is 0 Å². The number of hydrogen-bond donors (Lipinski definition) is 1. The van der Waals surface area contributed by atoms with Gasteiger partial charge in [-0.2, -0.15) is 0 Å². The second-order valence-corrected chi connectivity index (χ2v) is 8.33. The molecule has 1 saturated heterocycles. The van der Waals surface area contributed by atoms with Crippen LogP contribution >= 0.6 is 0 Å². The molecule has 1 heterocycles. The first-order chi connectivity index (χ1) is 11.7. The van der Waals surface area contributed by atoms with Crippen LogP contribution in [0.4, 0.5) is 4.79 Å². The third kappa shape index (κ3) is 3.65. The van der Waals surface area contributed by atoms with Gasteiger partial charge in [-0.15, -0.1) is 0 Å². The molecule has 1 spiro atoms. The van der Waals surface area contributed by atoms with Crippen LogP contribution in [0.15, 0.2) is 24.3 Å². The second-order valence-electron chi connectivity index (χ2n) is 8.33. The summed E-state index contributed by atoms with van der Waals surface area (Å²) in [7, 11) is 0. The van der Waals surface area contributed by atoms with Crippen molar-refractivity contribution in [3.8, 4) is 0 Å². The lowest BCUT2D eigenvalue weighted by Gasteiger charge is -2.40. The number of amides is 1. The minimum Gasteiger partial charge on any atom is -0.481 e. The molecule has 1 aliphatic carbocycles. The topological polar surface area (TPSA) is 66.8 Å². The van der Waals surface area contributed by atoms with E-state index in [9.17, 15) is 14.7 Å². The molecule has 1 N–H and O–H groups in total. The van der Waals surface area contributed by atoms with Crippen molar-refractivity contribution in [2.45, 2.75) is 63.4 Å². The Bertz CT molecular complexity index is 669. The molecule has 1 fully saturated rings. The number of carboxylic acids is 1. The van der Waals surface area contributed by atoms with Crippen LogP contribution in [0.25, 0.3) is 0 Å². The maximum absolute atomic E-state index is 12.3. The number of likely N-dealkylation sites (tertiary alicyclic amines) is 1. The second kappa shape index (κ2) is 6.36. The van der Waals surface area contributed by atoms with E-state index in [4.69, 9.17) is 4.74 Å². The molecule has 0 aromatic heterocycles. The Kier molecular flexibility index (Phi) is 4.52. The molecule has 0 unspecified atom stereocenters. The summed E-state index contributed by atoms with van der Waals surface area (Å²) in [5, 5.41) is 9.24. The monoisotopic (exact) mass is 345 g/mol. The van der Waals surface area contributed by atoms with Crippen LogP contribution < -0.4 is 0 Å². The molecule has 3 rings (SSSR count). The summed E-state index contributed by atoms with van der Waals surface area (Å²) in [6, 6.07) is 8.23. The SMILES string of the molecule is CC(C)(C)OC(=O)N1CCC2(CC1)C[C@H](CC(=O)O)c1ccccc12. The number of carboxylic acid groups (broad SMARTS) is 1. The average Bonchev–Trinajstić information content (AvgIpc) is 2.80. The van der Waals surface area contributed by atoms with Crippen molar-refractivity contribution >= 4 is 12.1 Å². The Labute approximate surface area is 149 Å². The minimum atomic E-state index is -0.747. The quantitative estimate of drug-likeness (QED) is 0.882. The van der Waals surface area contributed by atoms with Crippen LogP contribution in [0.1, 0.15) is 63.5 Å². The van der Waals surface area contributed by atoms with Crippen molar-refractivity contribution in [2.75, 3.05) is 13.1 Å². The third-order valence-electron chi connectivity index (χ3n) is 5.40. The van der Waals surface area contributed by atoms with Crippen molar-refractivity contribution in [1.29, 1.82) is 0 Å². The fraction of sp³-hybridized carbons (Fsp3) is 0.600. The summed E-state index contributed by atoms with van der Waals surface area (Å²) in [5.74, 6) is -0.676. The third-order valence-corrected chi connectivity index (χ3v) is 5.40. The molecule has 2 aliphatic rings. The first-order valence-corrected chi connectivity index (χ1v) is 8.99. The van der Waals surface area contributed by atoms with E-state index in [2.05, 4.69) is 12.1 Å². The Morgan fingerprint density at radius 1 is 1.24 bits per heavy atom. The van der Waals surface area contributed by atoms with Gasteiger partial charge in [-0.05, 0) is 62.5 Å². The Morgan fingerprint density at radius 2 is 1.88 bits per heavy atom. The number of carbonyl (C=O) groups excluding carboxylic acids is 1. The zero-order valence-electron chi connectivity index (χ0n) is 15.2. The molecular weight excluding hydrogens is 318 g/mol. The predicted molar refractivity (Wildman–Crippen MR) is 94.8 cm³/mol. The van der Waals surface area contributed by atoms with E-state index in [-0.39, 0.29) is 23.8 Å². The highest BCUT2D eigenvalue weighted by Crippen LogP contribution is 2.52.